The van der Waals surface area contributed by atoms with E-state index in [4.69, 9.17) is 9.47 Å². The molecule has 27 heavy (non-hydrogen) atoms. The standard InChI is InChI=1S/C20H21NO6/c1-26-14-4-2-3-11(8-14)15(22)10-27-16(23)9-21-19(24)17-12-5-6-13(7-12)18(17)20(21)25/h2-4,8,12-13,17-18H,5-7,9-10H2,1H3/t12-,13-,17+,18+/m0/s1. The second-order valence-electron chi connectivity index (χ2n) is 7.46. The van der Waals surface area contributed by atoms with E-state index in [9.17, 15) is 19.2 Å². The van der Waals surface area contributed by atoms with Crippen molar-refractivity contribution in [1.82, 2.24) is 4.90 Å². The Hall–Kier alpha value is -2.70. The van der Waals surface area contributed by atoms with Gasteiger partial charge in [-0.05, 0) is 43.2 Å². The van der Waals surface area contributed by atoms with Crippen LogP contribution >= 0.6 is 0 Å². The van der Waals surface area contributed by atoms with Crippen LogP contribution in [0.15, 0.2) is 24.3 Å². The molecular formula is C20H21NO6. The predicted molar refractivity (Wildman–Crippen MR) is 92.8 cm³/mol. The summed E-state index contributed by atoms with van der Waals surface area (Å²) >= 11 is 0. The zero-order valence-corrected chi connectivity index (χ0v) is 15.1. The predicted octanol–water partition coefficient (Wildman–Crippen LogP) is 1.45. The first kappa shape index (κ1) is 17.7. The van der Waals surface area contributed by atoms with Crippen LogP contribution < -0.4 is 4.74 Å². The molecule has 1 saturated heterocycles. The van der Waals surface area contributed by atoms with E-state index in [1.165, 1.54) is 7.11 Å². The Morgan fingerprint density at radius 3 is 2.41 bits per heavy atom. The Kier molecular flexibility index (Phi) is 4.45. The lowest BCUT2D eigenvalue weighted by Crippen LogP contribution is -2.38. The molecule has 0 unspecified atom stereocenters. The highest BCUT2D eigenvalue weighted by Gasteiger charge is 2.61. The third-order valence-corrected chi connectivity index (χ3v) is 6.06. The van der Waals surface area contributed by atoms with Gasteiger partial charge in [0, 0.05) is 5.56 Å². The lowest BCUT2D eigenvalue weighted by Gasteiger charge is -2.19. The van der Waals surface area contributed by atoms with Crippen LogP contribution in [0.4, 0.5) is 0 Å². The highest BCUT2D eigenvalue weighted by Crippen LogP contribution is 2.56. The number of carbonyl (C=O) groups excluding carboxylic acids is 4. The van der Waals surface area contributed by atoms with Crippen molar-refractivity contribution < 1.29 is 28.7 Å². The molecule has 0 aromatic heterocycles. The molecule has 7 heteroatoms. The average molecular weight is 371 g/mol. The number of fused-ring (bicyclic) bond motifs is 5. The van der Waals surface area contributed by atoms with Crippen LogP contribution in [-0.2, 0) is 19.1 Å². The van der Waals surface area contributed by atoms with Crippen molar-refractivity contribution >= 4 is 23.6 Å². The largest absolute Gasteiger partial charge is 0.497 e. The van der Waals surface area contributed by atoms with Gasteiger partial charge in [0.05, 0.1) is 18.9 Å². The zero-order valence-electron chi connectivity index (χ0n) is 15.1. The number of hydrogen-bond donors (Lipinski definition) is 0. The van der Waals surface area contributed by atoms with Crippen LogP contribution in [-0.4, -0.2) is 48.7 Å². The lowest BCUT2D eigenvalue weighted by atomic mass is 9.81. The molecule has 2 aliphatic carbocycles. The van der Waals surface area contributed by atoms with E-state index in [0.717, 1.165) is 24.2 Å². The number of hydrogen-bond acceptors (Lipinski definition) is 6. The van der Waals surface area contributed by atoms with Crippen molar-refractivity contribution in [2.24, 2.45) is 23.7 Å². The smallest absolute Gasteiger partial charge is 0.326 e. The summed E-state index contributed by atoms with van der Waals surface area (Å²) in [6.07, 6.45) is 2.91. The maximum Gasteiger partial charge on any atom is 0.326 e. The minimum absolute atomic E-state index is 0.256. The van der Waals surface area contributed by atoms with Gasteiger partial charge in [-0.3, -0.25) is 24.1 Å². The normalized spacial score (nSPS) is 28.4. The minimum atomic E-state index is -0.750. The summed E-state index contributed by atoms with van der Waals surface area (Å²) in [5.74, 6) is -1.09. The average Bonchev–Trinajstić information content (AvgIpc) is 3.36. The number of methoxy groups -OCH3 is 1. The lowest BCUT2D eigenvalue weighted by molar-refractivity contribution is -0.152. The van der Waals surface area contributed by atoms with Crippen molar-refractivity contribution in [3.8, 4) is 5.75 Å². The first-order valence-electron chi connectivity index (χ1n) is 9.17. The van der Waals surface area contributed by atoms with Crippen LogP contribution in [0.25, 0.3) is 0 Å². The van der Waals surface area contributed by atoms with Crippen LogP contribution in [0.5, 0.6) is 5.75 Å². The van der Waals surface area contributed by atoms with E-state index in [2.05, 4.69) is 0 Å². The molecule has 0 spiro atoms. The number of ketones is 1. The van der Waals surface area contributed by atoms with Gasteiger partial charge < -0.3 is 9.47 Å². The van der Waals surface area contributed by atoms with E-state index in [0.29, 0.717) is 11.3 Å². The summed E-state index contributed by atoms with van der Waals surface area (Å²) in [7, 11) is 1.50. The fourth-order valence-corrected chi connectivity index (χ4v) is 4.83. The first-order chi connectivity index (χ1) is 13.0. The molecule has 3 fully saturated rings. The van der Waals surface area contributed by atoms with Gasteiger partial charge in [-0.1, -0.05) is 12.1 Å². The zero-order chi connectivity index (χ0) is 19.1. The van der Waals surface area contributed by atoms with Crippen molar-refractivity contribution in [1.29, 1.82) is 0 Å². The molecule has 0 N–H and O–H groups in total. The molecule has 2 amide bonds. The summed E-state index contributed by atoms with van der Waals surface area (Å²) in [5.41, 5.74) is 0.363. The molecule has 1 heterocycles. The number of esters is 1. The Bertz CT molecular complexity index is 790. The molecule has 2 saturated carbocycles. The summed E-state index contributed by atoms with van der Waals surface area (Å²) in [6, 6.07) is 6.53. The molecule has 7 nitrogen and oxygen atoms in total. The van der Waals surface area contributed by atoms with Crippen molar-refractivity contribution in [2.75, 3.05) is 20.3 Å². The van der Waals surface area contributed by atoms with E-state index in [1.807, 2.05) is 0 Å². The molecule has 142 valence electrons. The van der Waals surface area contributed by atoms with Gasteiger partial charge in [-0.2, -0.15) is 0 Å². The first-order valence-corrected chi connectivity index (χ1v) is 9.17. The van der Waals surface area contributed by atoms with Gasteiger partial charge in [0.25, 0.3) is 0 Å². The van der Waals surface area contributed by atoms with E-state index >= 15 is 0 Å². The molecule has 0 radical (unpaired) electrons. The fourth-order valence-electron chi connectivity index (χ4n) is 4.83. The van der Waals surface area contributed by atoms with Gasteiger partial charge in [-0.15, -0.1) is 0 Å². The van der Waals surface area contributed by atoms with Crippen LogP contribution in [0.1, 0.15) is 29.6 Å². The fraction of sp³-hybridized carbons (Fsp3) is 0.500. The van der Waals surface area contributed by atoms with Gasteiger partial charge in [0.15, 0.2) is 12.4 Å². The van der Waals surface area contributed by atoms with Crippen molar-refractivity contribution in [3.63, 3.8) is 0 Å². The van der Waals surface area contributed by atoms with Gasteiger partial charge >= 0.3 is 5.97 Å². The Balaban J connectivity index is 1.34. The summed E-state index contributed by atoms with van der Waals surface area (Å²) in [6.45, 7) is -0.865. The molecule has 3 aliphatic rings. The molecule has 2 bridgehead atoms. The maximum atomic E-state index is 12.6. The number of Topliss-reactive ketones (excluding diaryl/α,β-unsaturated/α-hetero) is 1. The number of rotatable bonds is 6. The Morgan fingerprint density at radius 2 is 1.78 bits per heavy atom. The SMILES string of the molecule is COc1cccc(C(=O)COC(=O)CN2C(=O)[C@@H]3[C@H]4CC[C@@H](C4)[C@H]3C2=O)c1. The van der Waals surface area contributed by atoms with Gasteiger partial charge in [0.1, 0.15) is 12.3 Å². The molecular weight excluding hydrogens is 350 g/mol. The number of benzene rings is 1. The third kappa shape index (κ3) is 3.01. The van der Waals surface area contributed by atoms with Gasteiger partial charge in [-0.25, -0.2) is 0 Å². The van der Waals surface area contributed by atoms with E-state index < -0.39 is 19.1 Å². The Morgan fingerprint density at radius 1 is 1.11 bits per heavy atom. The number of imide groups is 1. The topological polar surface area (TPSA) is 90.0 Å². The van der Waals surface area contributed by atoms with Gasteiger partial charge in [0.2, 0.25) is 11.8 Å². The summed E-state index contributed by atoms with van der Waals surface area (Å²) in [5, 5.41) is 0. The highest BCUT2D eigenvalue weighted by atomic mass is 16.5. The summed E-state index contributed by atoms with van der Waals surface area (Å²) < 4.78 is 10.1. The third-order valence-electron chi connectivity index (χ3n) is 6.06. The second-order valence-corrected chi connectivity index (χ2v) is 7.46. The quantitative estimate of drug-likeness (QED) is 0.427. The van der Waals surface area contributed by atoms with Crippen molar-refractivity contribution in [2.45, 2.75) is 19.3 Å². The van der Waals surface area contributed by atoms with E-state index in [-0.39, 0.29) is 41.3 Å². The van der Waals surface area contributed by atoms with Crippen LogP contribution in [0.2, 0.25) is 0 Å². The number of likely N-dealkylation sites (tertiary alicyclic amines) is 1. The monoisotopic (exact) mass is 371 g/mol. The molecule has 1 aliphatic heterocycles. The maximum absolute atomic E-state index is 12.6. The molecule has 1 aromatic carbocycles. The van der Waals surface area contributed by atoms with Crippen LogP contribution in [0.3, 0.4) is 0 Å². The van der Waals surface area contributed by atoms with Crippen LogP contribution in [0, 0.1) is 23.7 Å². The molecule has 4 atom stereocenters. The number of ether oxygens (including phenoxy) is 2. The second kappa shape index (κ2) is 6.79. The number of amides is 2. The summed E-state index contributed by atoms with van der Waals surface area (Å²) in [4.78, 5) is 50.4. The van der Waals surface area contributed by atoms with E-state index in [1.54, 1.807) is 24.3 Å². The molecule has 1 aromatic rings. The number of nitrogens with zero attached hydrogens (tertiary/aromatic N) is 1. The minimum Gasteiger partial charge on any atom is -0.497 e. The Labute approximate surface area is 156 Å². The highest BCUT2D eigenvalue weighted by molar-refractivity contribution is 6.08. The number of carbonyl (C=O) groups is 4. The van der Waals surface area contributed by atoms with Crippen molar-refractivity contribution in [3.05, 3.63) is 29.8 Å². The molecule has 4 rings (SSSR count).